The first kappa shape index (κ1) is 19.0. The van der Waals surface area contributed by atoms with Crippen molar-refractivity contribution in [2.24, 2.45) is 0 Å². The summed E-state index contributed by atoms with van der Waals surface area (Å²) in [6.45, 7) is 6.88. The molecule has 0 N–H and O–H groups in total. The summed E-state index contributed by atoms with van der Waals surface area (Å²) in [5, 5.41) is 0. The molecule has 0 aromatic heterocycles. The van der Waals surface area contributed by atoms with Gasteiger partial charge in [-0.1, -0.05) is 12.1 Å². The predicted octanol–water partition coefficient (Wildman–Crippen LogP) is 3.47. The molecule has 0 aliphatic heterocycles. The van der Waals surface area contributed by atoms with Gasteiger partial charge < -0.3 is 19.3 Å². The number of amides is 1. The molecule has 0 heterocycles. The lowest BCUT2D eigenvalue weighted by molar-refractivity contribution is -0.107. The van der Waals surface area contributed by atoms with Crippen molar-refractivity contribution in [3.63, 3.8) is 0 Å². The molecule has 0 unspecified atom stereocenters. The zero-order valence-electron chi connectivity index (χ0n) is 14.8. The van der Waals surface area contributed by atoms with Crippen LogP contribution in [0.5, 0.6) is 0 Å². The van der Waals surface area contributed by atoms with Gasteiger partial charge >= 0.3 is 6.09 Å². The topological polar surface area (TPSA) is 49.9 Å². The van der Waals surface area contributed by atoms with Crippen molar-refractivity contribution in [2.45, 2.75) is 45.8 Å². The first-order valence-corrected chi connectivity index (χ1v) is 7.91. The van der Waals surface area contributed by atoms with E-state index in [4.69, 9.17) is 4.74 Å². The molecular weight excluding hydrogens is 292 g/mol. The molecule has 0 atom stereocenters. The molecule has 0 radical (unpaired) electrons. The number of hydrogen-bond acceptors (Lipinski definition) is 4. The number of aldehydes is 1. The van der Waals surface area contributed by atoms with E-state index < -0.39 is 5.60 Å². The number of carbonyl (C=O) groups excluding carboxylic acids is 2. The van der Waals surface area contributed by atoms with Gasteiger partial charge in [0.2, 0.25) is 0 Å². The molecule has 0 bridgehead atoms. The number of rotatable bonds is 7. The summed E-state index contributed by atoms with van der Waals surface area (Å²) in [6.07, 6.45) is 2.02. The maximum Gasteiger partial charge on any atom is 0.410 e. The minimum absolute atomic E-state index is 0.331. The summed E-state index contributed by atoms with van der Waals surface area (Å²) in [7, 11) is 3.73. The largest absolute Gasteiger partial charge is 0.444 e. The highest BCUT2D eigenvalue weighted by molar-refractivity contribution is 5.67. The zero-order chi connectivity index (χ0) is 17.5. The Morgan fingerprint density at radius 1 is 1.26 bits per heavy atom. The van der Waals surface area contributed by atoms with E-state index in [1.54, 1.807) is 11.9 Å². The van der Waals surface area contributed by atoms with Crippen molar-refractivity contribution in [3.05, 3.63) is 29.8 Å². The minimum atomic E-state index is -0.494. The van der Waals surface area contributed by atoms with Crippen LogP contribution in [0, 0.1) is 0 Å². The normalized spacial score (nSPS) is 11.0. The van der Waals surface area contributed by atoms with Crippen molar-refractivity contribution in [1.29, 1.82) is 0 Å². The lowest BCUT2D eigenvalue weighted by atomic mass is 10.1. The van der Waals surface area contributed by atoms with Gasteiger partial charge in [0, 0.05) is 39.3 Å². The minimum Gasteiger partial charge on any atom is -0.444 e. The Morgan fingerprint density at radius 3 is 2.57 bits per heavy atom. The molecule has 5 nitrogen and oxygen atoms in total. The van der Waals surface area contributed by atoms with Crippen LogP contribution in [0.15, 0.2) is 24.3 Å². The molecule has 0 aliphatic carbocycles. The second-order valence-electron chi connectivity index (χ2n) is 6.74. The monoisotopic (exact) mass is 320 g/mol. The van der Waals surface area contributed by atoms with Crippen LogP contribution in [0.4, 0.5) is 10.5 Å². The van der Waals surface area contributed by atoms with Gasteiger partial charge in [-0.15, -0.1) is 0 Å². The van der Waals surface area contributed by atoms with Crippen LogP contribution >= 0.6 is 0 Å². The third-order valence-corrected chi connectivity index (χ3v) is 3.29. The lowest BCUT2D eigenvalue weighted by Gasteiger charge is -2.25. The second kappa shape index (κ2) is 8.56. The molecule has 0 fully saturated rings. The van der Waals surface area contributed by atoms with E-state index in [1.807, 2.05) is 46.0 Å². The van der Waals surface area contributed by atoms with Crippen molar-refractivity contribution in [1.82, 2.24) is 4.90 Å². The molecule has 23 heavy (non-hydrogen) atoms. The number of ether oxygens (including phenoxy) is 1. The third kappa shape index (κ3) is 7.17. The van der Waals surface area contributed by atoms with E-state index >= 15 is 0 Å². The standard InChI is InChI=1S/C18H28N2O3/c1-18(2,3)23-17(22)20(5)14-15-9-8-10-16(13-15)19(4)11-6-7-12-21/h8-10,12-13H,6-7,11,14H2,1-5H3. The van der Waals surface area contributed by atoms with E-state index in [2.05, 4.69) is 11.0 Å². The number of carbonyl (C=O) groups is 2. The Labute approximate surface area is 139 Å². The van der Waals surface area contributed by atoms with Gasteiger partial charge in [0.1, 0.15) is 11.9 Å². The summed E-state index contributed by atoms with van der Waals surface area (Å²) >= 11 is 0. The smallest absolute Gasteiger partial charge is 0.410 e. The van der Waals surface area contributed by atoms with Gasteiger partial charge in [0.25, 0.3) is 0 Å². The molecule has 1 aromatic rings. The van der Waals surface area contributed by atoms with Crippen molar-refractivity contribution >= 4 is 18.1 Å². The van der Waals surface area contributed by atoms with Crippen molar-refractivity contribution in [3.8, 4) is 0 Å². The molecule has 1 rings (SSSR count). The molecule has 128 valence electrons. The second-order valence-corrected chi connectivity index (χ2v) is 6.74. The van der Waals surface area contributed by atoms with Gasteiger partial charge in [-0.25, -0.2) is 4.79 Å². The average Bonchev–Trinajstić information content (AvgIpc) is 2.46. The van der Waals surface area contributed by atoms with Gasteiger partial charge in [0.05, 0.1) is 0 Å². The Balaban J connectivity index is 2.65. The maximum atomic E-state index is 12.0. The molecule has 0 aliphatic rings. The van der Waals surface area contributed by atoms with Crippen LogP contribution in [0.2, 0.25) is 0 Å². The average molecular weight is 320 g/mol. The van der Waals surface area contributed by atoms with E-state index in [1.165, 1.54) is 0 Å². The van der Waals surface area contributed by atoms with Crippen LogP contribution < -0.4 is 4.90 Å². The van der Waals surface area contributed by atoms with Gasteiger partial charge in [0.15, 0.2) is 0 Å². The number of benzene rings is 1. The quantitative estimate of drug-likeness (QED) is 0.570. The van der Waals surface area contributed by atoms with Crippen LogP contribution in [-0.4, -0.2) is 43.5 Å². The van der Waals surface area contributed by atoms with Crippen molar-refractivity contribution < 1.29 is 14.3 Å². The highest BCUT2D eigenvalue weighted by Gasteiger charge is 2.19. The molecule has 1 amide bonds. The van der Waals surface area contributed by atoms with E-state index in [9.17, 15) is 9.59 Å². The molecule has 1 aromatic carbocycles. The zero-order valence-corrected chi connectivity index (χ0v) is 14.8. The van der Waals surface area contributed by atoms with Crippen LogP contribution in [0.1, 0.15) is 39.2 Å². The Kier molecular flexibility index (Phi) is 7.07. The fourth-order valence-corrected chi connectivity index (χ4v) is 2.11. The molecule has 0 saturated carbocycles. The van der Waals surface area contributed by atoms with Gasteiger partial charge in [-0.3, -0.25) is 0 Å². The fourth-order valence-electron chi connectivity index (χ4n) is 2.11. The molecule has 0 spiro atoms. The van der Waals surface area contributed by atoms with Gasteiger partial charge in [-0.05, 0) is 44.9 Å². The lowest BCUT2D eigenvalue weighted by Crippen LogP contribution is -2.33. The SMILES string of the molecule is CN(Cc1cccc(N(C)CCCC=O)c1)C(=O)OC(C)(C)C. The number of anilines is 1. The Bertz CT molecular complexity index is 523. The number of nitrogens with zero attached hydrogens (tertiary/aromatic N) is 2. The first-order chi connectivity index (χ1) is 10.7. The van der Waals surface area contributed by atoms with Crippen molar-refractivity contribution in [2.75, 3.05) is 25.5 Å². The fraction of sp³-hybridized carbons (Fsp3) is 0.556. The number of hydrogen-bond donors (Lipinski definition) is 0. The van der Waals surface area contributed by atoms with Gasteiger partial charge in [-0.2, -0.15) is 0 Å². The highest BCUT2D eigenvalue weighted by atomic mass is 16.6. The summed E-state index contributed by atoms with van der Waals surface area (Å²) in [5.74, 6) is 0. The summed E-state index contributed by atoms with van der Waals surface area (Å²) in [4.78, 5) is 26.1. The molecule has 0 saturated heterocycles. The number of unbranched alkanes of at least 4 members (excludes halogenated alkanes) is 1. The molecular formula is C18H28N2O3. The van der Waals surface area contributed by atoms with Crippen LogP contribution in [0.25, 0.3) is 0 Å². The maximum absolute atomic E-state index is 12.0. The summed E-state index contributed by atoms with van der Waals surface area (Å²) in [6, 6.07) is 8.05. The Morgan fingerprint density at radius 2 is 1.96 bits per heavy atom. The third-order valence-electron chi connectivity index (χ3n) is 3.29. The predicted molar refractivity (Wildman–Crippen MR) is 92.7 cm³/mol. The van der Waals surface area contributed by atoms with E-state index in [0.717, 1.165) is 30.5 Å². The Hall–Kier alpha value is -2.04. The summed E-state index contributed by atoms with van der Waals surface area (Å²) in [5.41, 5.74) is 1.62. The first-order valence-electron chi connectivity index (χ1n) is 7.91. The molecule has 5 heteroatoms. The van der Waals surface area contributed by atoms with Crippen LogP contribution in [-0.2, 0) is 16.1 Å². The van der Waals surface area contributed by atoms with E-state index in [-0.39, 0.29) is 6.09 Å². The highest BCUT2D eigenvalue weighted by Crippen LogP contribution is 2.17. The summed E-state index contributed by atoms with van der Waals surface area (Å²) < 4.78 is 5.36. The van der Waals surface area contributed by atoms with E-state index in [0.29, 0.717) is 13.0 Å². The van der Waals surface area contributed by atoms with Crippen LogP contribution in [0.3, 0.4) is 0 Å².